The first-order valence-corrected chi connectivity index (χ1v) is 6.72. The number of likely N-dealkylation sites (N-methyl/N-ethyl adjacent to an activating group) is 1. The monoisotopic (exact) mass is 238 g/mol. The van der Waals surface area contributed by atoms with E-state index in [0.29, 0.717) is 13.1 Å². The number of nitrogens with zero attached hydrogens (tertiary/aromatic N) is 2. The topological polar surface area (TPSA) is 60.9 Å². The number of unbranched alkanes of at least 4 members (excludes halogenated alkanes) is 1. The molecule has 0 aromatic carbocycles. The van der Waals surface area contributed by atoms with Crippen molar-refractivity contribution < 1.29 is 13.5 Å². The van der Waals surface area contributed by atoms with Gasteiger partial charge in [-0.05, 0) is 6.42 Å². The minimum atomic E-state index is -3.38. The molecular formula is C9H22N2O3S. The van der Waals surface area contributed by atoms with Gasteiger partial charge in [-0.1, -0.05) is 20.3 Å². The van der Waals surface area contributed by atoms with Crippen molar-refractivity contribution in [2.24, 2.45) is 0 Å². The molecule has 0 atom stereocenters. The normalized spacial score (nSPS) is 12.7. The van der Waals surface area contributed by atoms with Crippen LogP contribution in [0.15, 0.2) is 0 Å². The Morgan fingerprint density at radius 2 is 1.80 bits per heavy atom. The fraction of sp³-hybridized carbons (Fsp3) is 1.00. The Bertz CT molecular complexity index is 254. The first-order chi connectivity index (χ1) is 7.00. The molecule has 0 aliphatic rings. The van der Waals surface area contributed by atoms with Crippen molar-refractivity contribution in [1.29, 1.82) is 0 Å². The van der Waals surface area contributed by atoms with E-state index in [1.165, 1.54) is 8.61 Å². The van der Waals surface area contributed by atoms with Crippen molar-refractivity contribution >= 4 is 10.2 Å². The average Bonchev–Trinajstić information content (AvgIpc) is 2.21. The van der Waals surface area contributed by atoms with Crippen LogP contribution in [0.3, 0.4) is 0 Å². The molecule has 0 aliphatic carbocycles. The number of rotatable bonds is 8. The molecule has 0 aromatic rings. The molecule has 0 bridgehead atoms. The number of aliphatic hydroxyl groups is 1. The zero-order chi connectivity index (χ0) is 11.9. The highest BCUT2D eigenvalue weighted by Crippen LogP contribution is 2.06. The number of hydrogen-bond donors (Lipinski definition) is 1. The SMILES string of the molecule is CCCCN(C)S(=O)(=O)N(CC)CCO. The van der Waals surface area contributed by atoms with Gasteiger partial charge in [0.1, 0.15) is 0 Å². The smallest absolute Gasteiger partial charge is 0.281 e. The van der Waals surface area contributed by atoms with Gasteiger partial charge in [0.25, 0.3) is 10.2 Å². The Morgan fingerprint density at radius 1 is 1.20 bits per heavy atom. The summed E-state index contributed by atoms with van der Waals surface area (Å²) in [5.74, 6) is 0. The number of aliphatic hydroxyl groups excluding tert-OH is 1. The third-order valence-corrected chi connectivity index (χ3v) is 4.31. The molecule has 0 unspecified atom stereocenters. The molecule has 1 N–H and O–H groups in total. The highest BCUT2D eigenvalue weighted by atomic mass is 32.2. The molecule has 0 radical (unpaired) electrons. The fourth-order valence-corrected chi connectivity index (χ4v) is 2.63. The van der Waals surface area contributed by atoms with Crippen molar-refractivity contribution in [2.45, 2.75) is 26.7 Å². The Labute approximate surface area is 92.9 Å². The summed E-state index contributed by atoms with van der Waals surface area (Å²) in [5.41, 5.74) is 0. The maximum Gasteiger partial charge on any atom is 0.281 e. The zero-order valence-corrected chi connectivity index (χ0v) is 10.6. The molecule has 0 saturated carbocycles. The molecule has 0 aromatic heterocycles. The van der Waals surface area contributed by atoms with Crippen LogP contribution in [0.25, 0.3) is 0 Å². The average molecular weight is 238 g/mol. The van der Waals surface area contributed by atoms with Crippen molar-refractivity contribution in [2.75, 3.05) is 33.3 Å². The molecule has 0 saturated heterocycles. The summed E-state index contributed by atoms with van der Waals surface area (Å²) in [6.45, 7) is 4.72. The van der Waals surface area contributed by atoms with Crippen molar-refractivity contribution in [3.8, 4) is 0 Å². The van der Waals surface area contributed by atoms with Crippen LogP contribution in [-0.2, 0) is 10.2 Å². The van der Waals surface area contributed by atoms with Crippen LogP contribution in [0, 0.1) is 0 Å². The molecular weight excluding hydrogens is 216 g/mol. The van der Waals surface area contributed by atoms with Gasteiger partial charge >= 0.3 is 0 Å². The summed E-state index contributed by atoms with van der Waals surface area (Å²) >= 11 is 0. The summed E-state index contributed by atoms with van der Waals surface area (Å²) in [6.07, 6.45) is 1.82. The van der Waals surface area contributed by atoms with Crippen molar-refractivity contribution in [3.63, 3.8) is 0 Å². The molecule has 0 fully saturated rings. The summed E-state index contributed by atoms with van der Waals surface area (Å²) in [6, 6.07) is 0. The third kappa shape index (κ3) is 4.46. The first-order valence-electron chi connectivity index (χ1n) is 5.32. The molecule has 0 heterocycles. The molecule has 0 aliphatic heterocycles. The quantitative estimate of drug-likeness (QED) is 0.660. The zero-order valence-electron chi connectivity index (χ0n) is 9.81. The summed E-state index contributed by atoms with van der Waals surface area (Å²) in [4.78, 5) is 0. The predicted octanol–water partition coefficient (Wildman–Crippen LogP) is 0.277. The molecule has 0 amide bonds. The van der Waals surface area contributed by atoms with Gasteiger partial charge in [-0.3, -0.25) is 0 Å². The van der Waals surface area contributed by atoms with E-state index in [4.69, 9.17) is 5.11 Å². The Balaban J connectivity index is 4.48. The second-order valence-electron chi connectivity index (χ2n) is 3.40. The second kappa shape index (κ2) is 7.16. The molecule has 0 rings (SSSR count). The van der Waals surface area contributed by atoms with Crippen LogP contribution < -0.4 is 0 Å². The lowest BCUT2D eigenvalue weighted by atomic mass is 10.3. The predicted molar refractivity (Wildman–Crippen MR) is 60.8 cm³/mol. The van der Waals surface area contributed by atoms with E-state index in [-0.39, 0.29) is 13.2 Å². The molecule has 15 heavy (non-hydrogen) atoms. The first kappa shape index (κ1) is 14.8. The van der Waals surface area contributed by atoms with Gasteiger partial charge in [-0.25, -0.2) is 0 Å². The van der Waals surface area contributed by atoms with Crippen LogP contribution in [0.5, 0.6) is 0 Å². The number of hydrogen-bond acceptors (Lipinski definition) is 3. The summed E-state index contributed by atoms with van der Waals surface area (Å²) in [5, 5.41) is 8.76. The van der Waals surface area contributed by atoms with E-state index in [0.717, 1.165) is 12.8 Å². The molecule has 6 heteroatoms. The van der Waals surface area contributed by atoms with Gasteiger partial charge in [0, 0.05) is 26.7 Å². The lowest BCUT2D eigenvalue weighted by molar-refractivity contribution is 0.249. The van der Waals surface area contributed by atoms with Crippen molar-refractivity contribution in [1.82, 2.24) is 8.61 Å². The largest absolute Gasteiger partial charge is 0.395 e. The van der Waals surface area contributed by atoms with E-state index in [1.54, 1.807) is 14.0 Å². The summed E-state index contributed by atoms with van der Waals surface area (Å²) in [7, 11) is -1.80. The Morgan fingerprint density at radius 3 is 2.20 bits per heavy atom. The van der Waals surface area contributed by atoms with E-state index in [9.17, 15) is 8.42 Å². The second-order valence-corrected chi connectivity index (χ2v) is 5.43. The minimum Gasteiger partial charge on any atom is -0.395 e. The van der Waals surface area contributed by atoms with E-state index < -0.39 is 10.2 Å². The van der Waals surface area contributed by atoms with E-state index in [1.807, 2.05) is 6.92 Å². The lowest BCUT2D eigenvalue weighted by Gasteiger charge is -2.25. The molecule has 0 spiro atoms. The maximum absolute atomic E-state index is 11.9. The van der Waals surface area contributed by atoms with Gasteiger partial charge in [0.05, 0.1) is 6.61 Å². The van der Waals surface area contributed by atoms with Crippen LogP contribution in [0.1, 0.15) is 26.7 Å². The van der Waals surface area contributed by atoms with Crippen LogP contribution in [0.2, 0.25) is 0 Å². The van der Waals surface area contributed by atoms with Gasteiger partial charge in [-0.2, -0.15) is 17.0 Å². The molecule has 92 valence electrons. The summed E-state index contributed by atoms with van der Waals surface area (Å²) < 4.78 is 26.4. The Kier molecular flexibility index (Phi) is 7.08. The highest BCUT2D eigenvalue weighted by molar-refractivity contribution is 7.86. The highest BCUT2D eigenvalue weighted by Gasteiger charge is 2.24. The van der Waals surface area contributed by atoms with Crippen LogP contribution in [-0.4, -0.2) is 55.4 Å². The van der Waals surface area contributed by atoms with Gasteiger partial charge in [-0.15, -0.1) is 0 Å². The fourth-order valence-electron chi connectivity index (χ4n) is 1.24. The Hall–Kier alpha value is -0.170. The van der Waals surface area contributed by atoms with Gasteiger partial charge < -0.3 is 5.11 Å². The standard InChI is InChI=1S/C9H22N2O3S/c1-4-6-7-10(3)15(13,14)11(5-2)8-9-12/h12H,4-9H2,1-3H3. The minimum absolute atomic E-state index is 0.144. The van der Waals surface area contributed by atoms with Crippen LogP contribution >= 0.6 is 0 Å². The van der Waals surface area contributed by atoms with Gasteiger partial charge in [0.2, 0.25) is 0 Å². The molecule has 5 nitrogen and oxygen atoms in total. The van der Waals surface area contributed by atoms with E-state index in [2.05, 4.69) is 0 Å². The van der Waals surface area contributed by atoms with Crippen molar-refractivity contribution in [3.05, 3.63) is 0 Å². The maximum atomic E-state index is 11.9. The van der Waals surface area contributed by atoms with E-state index >= 15 is 0 Å². The lowest BCUT2D eigenvalue weighted by Crippen LogP contribution is -2.43. The van der Waals surface area contributed by atoms with Gasteiger partial charge in [0.15, 0.2) is 0 Å². The van der Waals surface area contributed by atoms with Crippen LogP contribution in [0.4, 0.5) is 0 Å². The third-order valence-electron chi connectivity index (χ3n) is 2.25.